The van der Waals surface area contributed by atoms with E-state index in [1.807, 2.05) is 12.1 Å². The fourth-order valence-corrected chi connectivity index (χ4v) is 2.57. The molecular weight excluding hydrogens is 280 g/mol. The Bertz CT molecular complexity index is 699. The van der Waals surface area contributed by atoms with Crippen LogP contribution in [0.5, 0.6) is 0 Å². The number of furan rings is 1. The van der Waals surface area contributed by atoms with Gasteiger partial charge >= 0.3 is 0 Å². The Morgan fingerprint density at radius 1 is 1.27 bits per heavy atom. The summed E-state index contributed by atoms with van der Waals surface area (Å²) in [6, 6.07) is 10.1. The van der Waals surface area contributed by atoms with Gasteiger partial charge < -0.3 is 9.73 Å². The molecule has 1 aromatic carbocycles. The van der Waals surface area contributed by atoms with E-state index in [2.05, 4.69) is 11.9 Å². The fraction of sp³-hybridized carbons (Fsp3) is 0.176. The number of carbonyl (C=O) groups is 2. The second-order valence-electron chi connectivity index (χ2n) is 5.14. The van der Waals surface area contributed by atoms with Crippen molar-refractivity contribution in [1.82, 2.24) is 10.2 Å². The Labute approximate surface area is 128 Å². The van der Waals surface area contributed by atoms with Gasteiger partial charge in [0.2, 0.25) is 5.91 Å². The lowest BCUT2D eigenvalue weighted by Crippen LogP contribution is -2.44. The molecule has 0 saturated carbocycles. The van der Waals surface area contributed by atoms with Gasteiger partial charge in [-0.1, -0.05) is 24.8 Å². The van der Waals surface area contributed by atoms with Gasteiger partial charge in [-0.15, -0.1) is 0 Å². The molecule has 1 N–H and O–H groups in total. The van der Waals surface area contributed by atoms with Crippen molar-refractivity contribution in [2.75, 3.05) is 0 Å². The smallest absolute Gasteiger partial charge is 0.259 e. The standard InChI is InChI=1S/C17H16N2O3/c1-11-14-7-3-4-8-15(14)17(21)19(11)12(2)16(20)18-10-13-6-5-9-22-13/h3-9,12H,1,10H2,2H3,(H,18,20)/t12-/m1/s1. The van der Waals surface area contributed by atoms with E-state index in [-0.39, 0.29) is 18.4 Å². The van der Waals surface area contributed by atoms with Gasteiger partial charge in [-0.2, -0.15) is 0 Å². The minimum absolute atomic E-state index is 0.193. The summed E-state index contributed by atoms with van der Waals surface area (Å²) in [6.07, 6.45) is 1.55. The Morgan fingerprint density at radius 3 is 2.64 bits per heavy atom. The van der Waals surface area contributed by atoms with Crippen molar-refractivity contribution in [3.05, 3.63) is 66.1 Å². The minimum atomic E-state index is -0.637. The number of fused-ring (bicyclic) bond motifs is 1. The number of hydrogen-bond donors (Lipinski definition) is 1. The monoisotopic (exact) mass is 296 g/mol. The molecule has 0 unspecified atom stereocenters. The number of hydrogen-bond acceptors (Lipinski definition) is 3. The number of nitrogens with one attached hydrogen (secondary N) is 1. The summed E-state index contributed by atoms with van der Waals surface area (Å²) in [5.74, 6) is 0.218. The van der Waals surface area contributed by atoms with Crippen molar-refractivity contribution < 1.29 is 14.0 Å². The van der Waals surface area contributed by atoms with Crippen LogP contribution in [0, 0.1) is 0 Å². The maximum atomic E-state index is 12.5. The van der Waals surface area contributed by atoms with Crippen LogP contribution >= 0.6 is 0 Å². The first kappa shape index (κ1) is 14.1. The van der Waals surface area contributed by atoms with Crippen LogP contribution in [0.2, 0.25) is 0 Å². The van der Waals surface area contributed by atoms with Crippen LogP contribution in [0.25, 0.3) is 5.70 Å². The second-order valence-corrected chi connectivity index (χ2v) is 5.14. The summed E-state index contributed by atoms with van der Waals surface area (Å²) >= 11 is 0. The van der Waals surface area contributed by atoms with E-state index >= 15 is 0 Å². The molecule has 112 valence electrons. The van der Waals surface area contributed by atoms with Crippen LogP contribution in [0.1, 0.15) is 28.6 Å². The SMILES string of the molecule is C=C1c2ccccc2C(=O)N1[C@H](C)C(=O)NCc1ccco1. The lowest BCUT2D eigenvalue weighted by Gasteiger charge is -2.24. The van der Waals surface area contributed by atoms with Crippen LogP contribution in [-0.2, 0) is 11.3 Å². The molecule has 0 radical (unpaired) electrons. The molecule has 2 amide bonds. The number of nitrogens with zero attached hydrogens (tertiary/aromatic N) is 1. The topological polar surface area (TPSA) is 62.6 Å². The van der Waals surface area contributed by atoms with Crippen LogP contribution in [0.15, 0.2) is 53.7 Å². The summed E-state index contributed by atoms with van der Waals surface area (Å²) in [6.45, 7) is 5.92. The first-order valence-corrected chi connectivity index (χ1v) is 7.01. The molecule has 3 rings (SSSR count). The largest absolute Gasteiger partial charge is 0.467 e. The van der Waals surface area contributed by atoms with E-state index < -0.39 is 6.04 Å². The van der Waals surface area contributed by atoms with E-state index in [1.54, 1.807) is 37.5 Å². The summed E-state index contributed by atoms with van der Waals surface area (Å²) in [5, 5.41) is 2.76. The second kappa shape index (κ2) is 5.52. The molecule has 0 spiro atoms. The van der Waals surface area contributed by atoms with Crippen LogP contribution in [0.4, 0.5) is 0 Å². The molecule has 0 bridgehead atoms. The van der Waals surface area contributed by atoms with E-state index in [1.165, 1.54) is 4.90 Å². The lowest BCUT2D eigenvalue weighted by molar-refractivity contribution is -0.124. The highest BCUT2D eigenvalue weighted by Gasteiger charge is 2.36. The molecule has 5 nitrogen and oxygen atoms in total. The Kier molecular flexibility index (Phi) is 3.55. The molecule has 1 aliphatic rings. The molecule has 22 heavy (non-hydrogen) atoms. The number of amides is 2. The zero-order chi connectivity index (χ0) is 15.7. The average molecular weight is 296 g/mol. The van der Waals surface area contributed by atoms with Gasteiger partial charge in [0, 0.05) is 16.8 Å². The zero-order valence-electron chi connectivity index (χ0n) is 12.2. The Balaban J connectivity index is 1.73. The minimum Gasteiger partial charge on any atom is -0.467 e. The molecule has 2 heterocycles. The third-order valence-electron chi connectivity index (χ3n) is 3.76. The molecular formula is C17H16N2O3. The number of rotatable bonds is 4. The Morgan fingerprint density at radius 2 is 2.00 bits per heavy atom. The highest BCUT2D eigenvalue weighted by molar-refractivity contribution is 6.10. The van der Waals surface area contributed by atoms with E-state index in [9.17, 15) is 9.59 Å². The molecule has 1 aromatic heterocycles. The van der Waals surface area contributed by atoms with Crippen molar-refractivity contribution in [2.24, 2.45) is 0 Å². The Hall–Kier alpha value is -2.82. The molecule has 1 aliphatic heterocycles. The van der Waals surface area contributed by atoms with Gasteiger partial charge in [-0.3, -0.25) is 14.5 Å². The van der Waals surface area contributed by atoms with Gasteiger partial charge in [0.25, 0.3) is 5.91 Å². The van der Waals surface area contributed by atoms with Crippen LogP contribution in [-0.4, -0.2) is 22.8 Å². The van der Waals surface area contributed by atoms with E-state index in [0.29, 0.717) is 17.0 Å². The van der Waals surface area contributed by atoms with Crippen molar-refractivity contribution in [3.8, 4) is 0 Å². The predicted octanol–water partition coefficient (Wildman–Crippen LogP) is 2.41. The molecule has 5 heteroatoms. The quantitative estimate of drug-likeness (QED) is 0.942. The summed E-state index contributed by atoms with van der Waals surface area (Å²) in [7, 11) is 0. The summed E-state index contributed by atoms with van der Waals surface area (Å²) in [4.78, 5) is 26.2. The highest BCUT2D eigenvalue weighted by atomic mass is 16.3. The maximum absolute atomic E-state index is 12.5. The van der Waals surface area contributed by atoms with Crippen molar-refractivity contribution in [1.29, 1.82) is 0 Å². The predicted molar refractivity (Wildman–Crippen MR) is 81.7 cm³/mol. The van der Waals surface area contributed by atoms with E-state index in [0.717, 1.165) is 5.56 Å². The van der Waals surface area contributed by atoms with Crippen LogP contribution < -0.4 is 5.32 Å². The molecule has 0 saturated heterocycles. The molecule has 0 aliphatic carbocycles. The number of benzene rings is 1. The molecule has 2 aromatic rings. The lowest BCUT2D eigenvalue weighted by atomic mass is 10.1. The van der Waals surface area contributed by atoms with Gasteiger partial charge in [0.15, 0.2) is 0 Å². The molecule has 0 fully saturated rings. The van der Waals surface area contributed by atoms with Gasteiger partial charge in [0.1, 0.15) is 11.8 Å². The van der Waals surface area contributed by atoms with Gasteiger partial charge in [-0.05, 0) is 25.1 Å². The van der Waals surface area contributed by atoms with Crippen molar-refractivity contribution in [2.45, 2.75) is 19.5 Å². The summed E-state index contributed by atoms with van der Waals surface area (Å²) in [5.41, 5.74) is 1.91. The first-order valence-electron chi connectivity index (χ1n) is 7.01. The van der Waals surface area contributed by atoms with E-state index in [4.69, 9.17) is 4.42 Å². The van der Waals surface area contributed by atoms with Gasteiger partial charge in [0.05, 0.1) is 12.8 Å². The third kappa shape index (κ3) is 2.30. The van der Waals surface area contributed by atoms with Crippen LogP contribution in [0.3, 0.4) is 0 Å². The fourth-order valence-electron chi connectivity index (χ4n) is 2.57. The summed E-state index contributed by atoms with van der Waals surface area (Å²) < 4.78 is 5.17. The third-order valence-corrected chi connectivity index (χ3v) is 3.76. The normalized spacial score (nSPS) is 14.9. The zero-order valence-corrected chi connectivity index (χ0v) is 12.2. The van der Waals surface area contributed by atoms with Crippen molar-refractivity contribution >= 4 is 17.5 Å². The molecule has 1 atom stereocenters. The van der Waals surface area contributed by atoms with Crippen molar-refractivity contribution in [3.63, 3.8) is 0 Å². The van der Waals surface area contributed by atoms with Gasteiger partial charge in [-0.25, -0.2) is 0 Å². The first-order chi connectivity index (χ1) is 10.6. The number of carbonyl (C=O) groups excluding carboxylic acids is 2. The highest BCUT2D eigenvalue weighted by Crippen LogP contribution is 2.32. The maximum Gasteiger partial charge on any atom is 0.259 e. The average Bonchev–Trinajstić information content (AvgIpc) is 3.13.